The molecule has 2 rings (SSSR count). The summed E-state index contributed by atoms with van der Waals surface area (Å²) in [5.41, 5.74) is 0.542. The molecule has 5 heteroatoms. The van der Waals surface area contributed by atoms with Gasteiger partial charge in [0, 0.05) is 15.8 Å². The van der Waals surface area contributed by atoms with E-state index in [1.807, 2.05) is 6.07 Å². The number of benzene rings is 1. The third-order valence-corrected chi connectivity index (χ3v) is 4.99. The molecule has 0 spiro atoms. The highest BCUT2D eigenvalue weighted by Gasteiger charge is 2.28. The summed E-state index contributed by atoms with van der Waals surface area (Å²) in [5.74, 6) is 0.452. The van der Waals surface area contributed by atoms with E-state index in [1.165, 1.54) is 12.8 Å². The predicted octanol–water partition coefficient (Wildman–Crippen LogP) is 4.40. The minimum atomic E-state index is -0.0784. The largest absolute Gasteiger partial charge is 0.349 e. The first-order chi connectivity index (χ1) is 8.61. The van der Waals surface area contributed by atoms with Crippen molar-refractivity contribution >= 4 is 49.4 Å². The number of alkyl halides is 1. The van der Waals surface area contributed by atoms with E-state index in [2.05, 4.69) is 37.2 Å². The fourth-order valence-corrected chi connectivity index (χ4v) is 3.87. The summed E-state index contributed by atoms with van der Waals surface area (Å²) in [6, 6.07) is 5.58. The maximum Gasteiger partial charge on any atom is 0.253 e. The Labute approximate surface area is 129 Å². The first-order valence-corrected chi connectivity index (χ1v) is 8.23. The second kappa shape index (κ2) is 6.40. The maximum absolute atomic E-state index is 12.2. The highest BCUT2D eigenvalue weighted by Crippen LogP contribution is 2.28. The van der Waals surface area contributed by atoms with Gasteiger partial charge in [0.05, 0.1) is 10.6 Å². The van der Waals surface area contributed by atoms with Gasteiger partial charge in [-0.1, -0.05) is 49.9 Å². The van der Waals surface area contributed by atoms with Crippen LogP contribution in [0.4, 0.5) is 0 Å². The molecule has 1 aromatic carbocycles. The minimum absolute atomic E-state index is 0.0784. The van der Waals surface area contributed by atoms with Crippen LogP contribution in [-0.4, -0.2) is 17.3 Å². The normalized spacial score (nSPS) is 23.1. The van der Waals surface area contributed by atoms with E-state index >= 15 is 0 Å². The average molecular weight is 396 g/mol. The average Bonchev–Trinajstić information content (AvgIpc) is 2.76. The van der Waals surface area contributed by atoms with Crippen molar-refractivity contribution in [2.24, 2.45) is 5.92 Å². The van der Waals surface area contributed by atoms with Gasteiger partial charge in [-0.15, -0.1) is 0 Å². The molecule has 0 aromatic heterocycles. The molecule has 98 valence electrons. The van der Waals surface area contributed by atoms with Crippen LogP contribution in [0.2, 0.25) is 5.02 Å². The number of amides is 1. The van der Waals surface area contributed by atoms with Crippen molar-refractivity contribution in [1.82, 2.24) is 5.32 Å². The summed E-state index contributed by atoms with van der Waals surface area (Å²) in [6.07, 6.45) is 3.40. The Kier molecular flexibility index (Phi) is 5.10. The zero-order chi connectivity index (χ0) is 13.1. The van der Waals surface area contributed by atoms with Crippen molar-refractivity contribution in [3.05, 3.63) is 33.3 Å². The fourth-order valence-electron chi connectivity index (χ4n) is 2.33. The van der Waals surface area contributed by atoms with E-state index in [0.29, 0.717) is 16.5 Å². The van der Waals surface area contributed by atoms with Crippen LogP contribution in [0.5, 0.6) is 0 Å². The van der Waals surface area contributed by atoms with Gasteiger partial charge in [0.1, 0.15) is 0 Å². The van der Waals surface area contributed by atoms with Crippen molar-refractivity contribution in [2.45, 2.75) is 25.3 Å². The Bertz CT molecular complexity index is 453. The molecular weight excluding hydrogens is 381 g/mol. The predicted molar refractivity (Wildman–Crippen MR) is 81.5 cm³/mol. The number of halogens is 3. The highest BCUT2D eigenvalue weighted by molar-refractivity contribution is 9.10. The van der Waals surface area contributed by atoms with Crippen molar-refractivity contribution in [1.29, 1.82) is 0 Å². The lowest BCUT2D eigenvalue weighted by Gasteiger charge is -2.19. The van der Waals surface area contributed by atoms with Gasteiger partial charge in [-0.3, -0.25) is 4.79 Å². The van der Waals surface area contributed by atoms with Crippen molar-refractivity contribution < 1.29 is 4.79 Å². The van der Waals surface area contributed by atoms with Crippen molar-refractivity contribution in [3.8, 4) is 0 Å². The number of nitrogens with one attached hydrogen (secondary N) is 1. The first kappa shape index (κ1) is 14.4. The number of carbonyl (C=O) groups excluding carboxylic acids is 1. The van der Waals surface area contributed by atoms with E-state index in [4.69, 9.17) is 11.6 Å². The lowest BCUT2D eigenvalue weighted by molar-refractivity contribution is 0.0930. The van der Waals surface area contributed by atoms with Crippen LogP contribution in [-0.2, 0) is 0 Å². The van der Waals surface area contributed by atoms with Gasteiger partial charge in [0.25, 0.3) is 5.91 Å². The van der Waals surface area contributed by atoms with Crippen LogP contribution in [0.3, 0.4) is 0 Å². The van der Waals surface area contributed by atoms with Gasteiger partial charge < -0.3 is 5.32 Å². The van der Waals surface area contributed by atoms with Crippen LogP contribution in [0.1, 0.15) is 29.6 Å². The molecule has 18 heavy (non-hydrogen) atoms. The van der Waals surface area contributed by atoms with Crippen LogP contribution in [0.15, 0.2) is 22.7 Å². The lowest BCUT2D eigenvalue weighted by Crippen LogP contribution is -2.38. The SMILES string of the molecule is O=C(NC1CCCC1CBr)c1ccc(Br)cc1Cl. The summed E-state index contributed by atoms with van der Waals surface area (Å²) in [4.78, 5) is 12.2. The fraction of sp³-hybridized carbons (Fsp3) is 0.462. The van der Waals surface area contributed by atoms with Gasteiger partial charge >= 0.3 is 0 Å². The van der Waals surface area contributed by atoms with Gasteiger partial charge in [-0.2, -0.15) is 0 Å². The van der Waals surface area contributed by atoms with E-state index in [9.17, 15) is 4.79 Å². The van der Waals surface area contributed by atoms with Crippen LogP contribution >= 0.6 is 43.5 Å². The molecule has 1 aliphatic rings. The van der Waals surface area contributed by atoms with Crippen LogP contribution < -0.4 is 5.32 Å². The minimum Gasteiger partial charge on any atom is -0.349 e. The molecule has 1 saturated carbocycles. The smallest absolute Gasteiger partial charge is 0.253 e. The molecule has 2 atom stereocenters. The third kappa shape index (κ3) is 3.28. The number of hydrogen-bond donors (Lipinski definition) is 1. The number of rotatable bonds is 3. The van der Waals surface area contributed by atoms with Gasteiger partial charge in [-0.05, 0) is 37.0 Å². The molecule has 1 amide bonds. The van der Waals surface area contributed by atoms with Gasteiger partial charge in [0.2, 0.25) is 0 Å². The second-order valence-electron chi connectivity index (χ2n) is 4.55. The summed E-state index contributed by atoms with van der Waals surface area (Å²) in [5, 5.41) is 4.51. The summed E-state index contributed by atoms with van der Waals surface area (Å²) in [6.45, 7) is 0. The molecule has 2 unspecified atom stereocenters. The Hall–Kier alpha value is -0.0600. The topological polar surface area (TPSA) is 29.1 Å². The molecule has 0 bridgehead atoms. The van der Waals surface area contributed by atoms with E-state index in [0.717, 1.165) is 16.2 Å². The van der Waals surface area contributed by atoms with Gasteiger partial charge in [0.15, 0.2) is 0 Å². The number of carbonyl (C=O) groups is 1. The molecule has 2 nitrogen and oxygen atoms in total. The number of hydrogen-bond acceptors (Lipinski definition) is 1. The second-order valence-corrected chi connectivity index (χ2v) is 6.52. The lowest BCUT2D eigenvalue weighted by atomic mass is 10.1. The molecular formula is C13H14Br2ClNO. The third-order valence-electron chi connectivity index (χ3n) is 3.35. The monoisotopic (exact) mass is 393 g/mol. The van der Waals surface area contributed by atoms with Crippen molar-refractivity contribution in [2.75, 3.05) is 5.33 Å². The molecule has 1 fully saturated rings. The highest BCUT2D eigenvalue weighted by atomic mass is 79.9. The maximum atomic E-state index is 12.2. The Morgan fingerprint density at radius 2 is 2.22 bits per heavy atom. The Morgan fingerprint density at radius 3 is 2.89 bits per heavy atom. The first-order valence-electron chi connectivity index (χ1n) is 5.93. The van der Waals surface area contributed by atoms with E-state index < -0.39 is 0 Å². The summed E-state index contributed by atoms with van der Waals surface area (Å²) in [7, 11) is 0. The van der Waals surface area contributed by atoms with Gasteiger partial charge in [-0.25, -0.2) is 0 Å². The molecule has 0 aliphatic heterocycles. The molecule has 1 aliphatic carbocycles. The molecule has 0 heterocycles. The molecule has 0 saturated heterocycles. The molecule has 1 aromatic rings. The van der Waals surface area contributed by atoms with E-state index in [1.54, 1.807) is 12.1 Å². The Balaban J connectivity index is 2.07. The van der Waals surface area contributed by atoms with E-state index in [-0.39, 0.29) is 11.9 Å². The van der Waals surface area contributed by atoms with Crippen LogP contribution in [0, 0.1) is 5.92 Å². The Morgan fingerprint density at radius 1 is 1.44 bits per heavy atom. The van der Waals surface area contributed by atoms with Crippen LogP contribution in [0.25, 0.3) is 0 Å². The summed E-state index contributed by atoms with van der Waals surface area (Å²) >= 11 is 12.9. The molecule has 1 N–H and O–H groups in total. The summed E-state index contributed by atoms with van der Waals surface area (Å²) < 4.78 is 0.878. The quantitative estimate of drug-likeness (QED) is 0.756. The molecule has 0 radical (unpaired) electrons. The standard InChI is InChI=1S/C13H14Br2ClNO/c14-7-8-2-1-3-12(8)17-13(18)10-5-4-9(15)6-11(10)16/h4-6,8,12H,1-3,7H2,(H,17,18). The zero-order valence-corrected chi connectivity index (χ0v) is 13.7. The zero-order valence-electron chi connectivity index (χ0n) is 9.76. The van der Waals surface area contributed by atoms with Crippen molar-refractivity contribution in [3.63, 3.8) is 0 Å².